The molecule has 1 unspecified atom stereocenters. The highest BCUT2D eigenvalue weighted by Gasteiger charge is 2.37. The number of nitrogens with zero attached hydrogens (tertiary/aromatic N) is 3. The molecule has 4 aromatic rings. The van der Waals surface area contributed by atoms with Crippen molar-refractivity contribution in [2.75, 3.05) is 33.0 Å². The number of thioether (sulfide) groups is 1. The Balaban J connectivity index is 1.61. The Labute approximate surface area is 260 Å². The van der Waals surface area contributed by atoms with Gasteiger partial charge in [0.1, 0.15) is 5.82 Å². The van der Waals surface area contributed by atoms with Crippen molar-refractivity contribution >= 4 is 23.4 Å². The summed E-state index contributed by atoms with van der Waals surface area (Å²) in [5.74, 6) is -1.40. The molecule has 0 N–H and O–H groups in total. The first kappa shape index (κ1) is 32.0. The van der Waals surface area contributed by atoms with Gasteiger partial charge in [0.05, 0.1) is 29.3 Å². The van der Waals surface area contributed by atoms with E-state index in [0.29, 0.717) is 46.4 Å². The number of fused-ring (bicyclic) bond motifs is 1. The van der Waals surface area contributed by atoms with Crippen LogP contribution in [0.5, 0.6) is 5.75 Å². The van der Waals surface area contributed by atoms with Gasteiger partial charge < -0.3 is 9.64 Å². The zero-order valence-corrected chi connectivity index (χ0v) is 25.7. The van der Waals surface area contributed by atoms with Gasteiger partial charge in [-0.15, -0.1) is 11.8 Å². The maximum absolute atomic E-state index is 15.6. The van der Waals surface area contributed by atoms with E-state index >= 15 is 8.78 Å². The molecule has 2 aromatic heterocycles. The number of ether oxygens (including phenoxy) is 1. The monoisotopic (exact) mass is 649 g/mol. The second kappa shape index (κ2) is 12.9. The summed E-state index contributed by atoms with van der Waals surface area (Å²) in [4.78, 5) is 20.5. The second-order valence-corrected chi connectivity index (χ2v) is 12.1. The minimum atomic E-state index is -4.79. The lowest BCUT2D eigenvalue weighted by Gasteiger charge is -2.25. The third-order valence-electron chi connectivity index (χ3n) is 7.80. The van der Waals surface area contributed by atoms with Crippen molar-refractivity contribution in [2.45, 2.75) is 37.0 Å². The number of halogens is 6. The predicted molar refractivity (Wildman–Crippen MR) is 162 cm³/mol. The lowest BCUT2D eigenvalue weighted by molar-refractivity contribution is -0.138. The SMILES string of the molecule is COc1cccc(-c2c(C)c(Cc3c(F)cccc3C(F)(F)F)c3n(c2=O)C(CN(C)CCc2cc(Cl)ccn2)CS3)c1F. The van der Waals surface area contributed by atoms with Crippen molar-refractivity contribution < 1.29 is 26.7 Å². The van der Waals surface area contributed by atoms with Crippen LogP contribution in [0.4, 0.5) is 22.0 Å². The van der Waals surface area contributed by atoms with E-state index in [0.717, 1.165) is 23.9 Å². The predicted octanol–water partition coefficient (Wildman–Crippen LogP) is 7.59. The van der Waals surface area contributed by atoms with Crippen LogP contribution < -0.4 is 10.3 Å². The third-order valence-corrected chi connectivity index (χ3v) is 9.30. The van der Waals surface area contributed by atoms with Crippen LogP contribution in [0.15, 0.2) is 64.5 Å². The Morgan fingerprint density at radius 1 is 1.14 bits per heavy atom. The summed E-state index contributed by atoms with van der Waals surface area (Å²) in [6, 6.07) is 10.3. The highest BCUT2D eigenvalue weighted by molar-refractivity contribution is 7.99. The molecule has 0 aliphatic carbocycles. The van der Waals surface area contributed by atoms with Gasteiger partial charge in [0.2, 0.25) is 0 Å². The lowest BCUT2D eigenvalue weighted by Crippen LogP contribution is -2.35. The Hall–Kier alpha value is -3.41. The number of hydrogen-bond donors (Lipinski definition) is 0. The van der Waals surface area contributed by atoms with E-state index in [2.05, 4.69) is 4.98 Å². The fourth-order valence-corrected chi connectivity index (χ4v) is 7.17. The molecule has 0 saturated carbocycles. The van der Waals surface area contributed by atoms with E-state index in [1.165, 1.54) is 41.6 Å². The van der Waals surface area contributed by atoms with Gasteiger partial charge >= 0.3 is 6.18 Å². The second-order valence-electron chi connectivity index (χ2n) is 10.7. The van der Waals surface area contributed by atoms with Crippen LogP contribution in [0.1, 0.15) is 34.0 Å². The van der Waals surface area contributed by atoms with E-state index in [1.54, 1.807) is 25.3 Å². The van der Waals surface area contributed by atoms with E-state index in [4.69, 9.17) is 16.3 Å². The first-order valence-electron chi connectivity index (χ1n) is 13.8. The minimum absolute atomic E-state index is 0.00308. The Morgan fingerprint density at radius 3 is 2.59 bits per heavy atom. The molecule has 1 aliphatic heterocycles. The molecule has 5 rings (SSSR count). The summed E-state index contributed by atoms with van der Waals surface area (Å²) in [7, 11) is 3.19. The molecule has 0 amide bonds. The quantitative estimate of drug-likeness (QED) is 0.175. The van der Waals surface area contributed by atoms with Gasteiger partial charge in [0.25, 0.3) is 5.56 Å². The summed E-state index contributed by atoms with van der Waals surface area (Å²) in [5, 5.41) is 1.03. The number of hydrogen-bond acceptors (Lipinski definition) is 5. The van der Waals surface area contributed by atoms with Gasteiger partial charge in [-0.3, -0.25) is 14.3 Å². The number of alkyl halides is 3. The molecule has 0 bridgehead atoms. The van der Waals surface area contributed by atoms with Crippen LogP contribution in [0.25, 0.3) is 11.1 Å². The molecule has 0 radical (unpaired) electrons. The van der Waals surface area contributed by atoms with Crippen LogP contribution in [0.2, 0.25) is 5.02 Å². The molecule has 5 nitrogen and oxygen atoms in total. The molecular formula is C32H29ClF5N3O2S. The summed E-state index contributed by atoms with van der Waals surface area (Å²) in [5.41, 5.74) is -0.692. The summed E-state index contributed by atoms with van der Waals surface area (Å²) in [6.45, 7) is 2.59. The third kappa shape index (κ3) is 6.36. The van der Waals surface area contributed by atoms with E-state index in [1.807, 2.05) is 11.9 Å². The fourth-order valence-electron chi connectivity index (χ4n) is 5.61. The first-order chi connectivity index (χ1) is 20.9. The van der Waals surface area contributed by atoms with Gasteiger partial charge in [-0.05, 0) is 55.4 Å². The molecule has 0 saturated heterocycles. The number of aromatic nitrogens is 2. The zero-order valence-electron chi connectivity index (χ0n) is 24.1. The number of benzene rings is 2. The van der Waals surface area contributed by atoms with Crippen LogP contribution in [0, 0.1) is 18.6 Å². The maximum Gasteiger partial charge on any atom is 0.416 e. The summed E-state index contributed by atoms with van der Waals surface area (Å²) >= 11 is 7.41. The van der Waals surface area contributed by atoms with Crippen molar-refractivity contribution in [1.29, 1.82) is 0 Å². The topological polar surface area (TPSA) is 47.4 Å². The van der Waals surface area contributed by atoms with Crippen LogP contribution >= 0.6 is 23.4 Å². The average molecular weight is 650 g/mol. The molecule has 1 aliphatic rings. The fraction of sp³-hybridized carbons (Fsp3) is 0.312. The van der Waals surface area contributed by atoms with E-state index < -0.39 is 40.9 Å². The van der Waals surface area contributed by atoms with Gasteiger partial charge in [-0.1, -0.05) is 29.8 Å². The number of methoxy groups -OCH3 is 1. The number of rotatable bonds is 9. The molecule has 0 fully saturated rings. The van der Waals surface area contributed by atoms with Crippen molar-refractivity contribution in [2.24, 2.45) is 0 Å². The first-order valence-corrected chi connectivity index (χ1v) is 15.1. The average Bonchev–Trinajstić information content (AvgIpc) is 3.38. The van der Waals surface area contributed by atoms with Crippen molar-refractivity contribution in [3.05, 3.63) is 110 Å². The van der Waals surface area contributed by atoms with Gasteiger partial charge in [0.15, 0.2) is 11.6 Å². The van der Waals surface area contributed by atoms with Gasteiger partial charge in [-0.25, -0.2) is 8.78 Å². The Morgan fingerprint density at radius 2 is 1.89 bits per heavy atom. The normalized spacial score (nSPS) is 14.7. The molecule has 12 heteroatoms. The van der Waals surface area contributed by atoms with Crippen LogP contribution in [0.3, 0.4) is 0 Å². The highest BCUT2D eigenvalue weighted by Crippen LogP contribution is 2.42. The molecule has 44 heavy (non-hydrogen) atoms. The molecular weight excluding hydrogens is 621 g/mol. The van der Waals surface area contributed by atoms with Crippen molar-refractivity contribution in [3.63, 3.8) is 0 Å². The maximum atomic E-state index is 15.6. The molecule has 3 heterocycles. The smallest absolute Gasteiger partial charge is 0.416 e. The molecule has 0 spiro atoms. The highest BCUT2D eigenvalue weighted by atomic mass is 35.5. The number of pyridine rings is 2. The Kier molecular flexibility index (Phi) is 9.38. The standard InChI is InChI=1S/C32H29ClF5N3O2S/c1-18-23(15-24-25(32(36,37)38)7-5-8-26(24)34)31-41(30(42)28(18)22-6-4-9-27(43-3)29(22)35)21(17-44-31)16-40(2)13-11-20-14-19(33)10-12-39-20/h4-10,12,14,21H,11,13,15-17H2,1-3H3. The van der Waals surface area contributed by atoms with Crippen LogP contribution in [-0.4, -0.2) is 47.5 Å². The van der Waals surface area contributed by atoms with Gasteiger partial charge in [0, 0.05) is 59.7 Å². The van der Waals surface area contributed by atoms with E-state index in [-0.39, 0.29) is 22.9 Å². The number of likely N-dealkylation sites (N-methyl/N-ethyl adjacent to an activating group) is 1. The van der Waals surface area contributed by atoms with Crippen molar-refractivity contribution in [1.82, 2.24) is 14.5 Å². The molecule has 2 aromatic carbocycles. The minimum Gasteiger partial charge on any atom is -0.494 e. The Bertz CT molecular complexity index is 1760. The van der Waals surface area contributed by atoms with Crippen molar-refractivity contribution in [3.8, 4) is 16.9 Å². The summed E-state index contributed by atoms with van der Waals surface area (Å²) < 4.78 is 79.2. The van der Waals surface area contributed by atoms with Crippen LogP contribution in [-0.2, 0) is 19.0 Å². The summed E-state index contributed by atoms with van der Waals surface area (Å²) in [6.07, 6.45) is -2.99. The lowest BCUT2D eigenvalue weighted by atomic mass is 9.92. The molecule has 1 atom stereocenters. The van der Waals surface area contributed by atoms with Gasteiger partial charge in [-0.2, -0.15) is 13.2 Å². The van der Waals surface area contributed by atoms with E-state index in [9.17, 15) is 18.0 Å². The largest absolute Gasteiger partial charge is 0.494 e. The molecule has 232 valence electrons. The zero-order chi connectivity index (χ0) is 31.8.